The molecule has 2 aliphatic rings. The molecule has 1 aliphatic carbocycles. The second kappa shape index (κ2) is 24.9. The largest absolute Gasteiger partial charge is 0.382 e. The summed E-state index contributed by atoms with van der Waals surface area (Å²) >= 11 is 0. The lowest BCUT2D eigenvalue weighted by molar-refractivity contribution is -0.123. The minimum atomic E-state index is -3.84. The number of nitrogens with two attached hydrogens (primary N) is 1. The highest BCUT2D eigenvalue weighted by atomic mass is 32.2. The molecule has 3 rings (SSSR count). The van der Waals surface area contributed by atoms with Gasteiger partial charge in [0.1, 0.15) is 6.04 Å². The third-order valence-electron chi connectivity index (χ3n) is 9.57. The van der Waals surface area contributed by atoms with Crippen molar-refractivity contribution in [3.63, 3.8) is 0 Å². The summed E-state index contributed by atoms with van der Waals surface area (Å²) in [6.45, 7) is 7.54. The minimum Gasteiger partial charge on any atom is -0.382 e. The number of rotatable bonds is 31. The number of nitrogens with zero attached hydrogens (tertiary/aromatic N) is 3. The standard InChI is InChI=1S/C36H62N4O12S/c1-4-5-10-31(33(37)41)40-28-36(11-13-47-19-21-51-25-23-49-17-15-45-2,12-14-48-20-22-52-26-24-50-18-16-46-3)32-30(34(40)42)27-38-35(39-32)53(43,44)29-8-6-7-9-29/h27,29,31H,4-26,28H2,1-3H3,(H2,37,41). The Kier molecular flexibility index (Phi) is 21.2. The van der Waals surface area contributed by atoms with Crippen LogP contribution in [0.15, 0.2) is 11.4 Å². The van der Waals surface area contributed by atoms with E-state index in [4.69, 9.17) is 48.6 Å². The third-order valence-corrected chi connectivity index (χ3v) is 11.6. The molecule has 1 atom stereocenters. The van der Waals surface area contributed by atoms with E-state index in [0.717, 1.165) is 19.3 Å². The van der Waals surface area contributed by atoms with E-state index in [1.54, 1.807) is 14.2 Å². The van der Waals surface area contributed by atoms with E-state index in [0.29, 0.717) is 124 Å². The van der Waals surface area contributed by atoms with Crippen molar-refractivity contribution in [3.05, 3.63) is 17.5 Å². The second-order valence-corrected chi connectivity index (χ2v) is 15.4. The molecule has 17 heteroatoms. The van der Waals surface area contributed by atoms with E-state index in [9.17, 15) is 18.0 Å². The first-order chi connectivity index (χ1) is 25.7. The summed E-state index contributed by atoms with van der Waals surface area (Å²) in [4.78, 5) is 37.4. The van der Waals surface area contributed by atoms with Gasteiger partial charge in [-0.05, 0) is 32.1 Å². The van der Waals surface area contributed by atoms with Crippen LogP contribution < -0.4 is 5.73 Å². The summed E-state index contributed by atoms with van der Waals surface area (Å²) in [7, 11) is -0.610. The van der Waals surface area contributed by atoms with Crippen molar-refractivity contribution in [2.45, 2.75) is 86.6 Å². The van der Waals surface area contributed by atoms with Gasteiger partial charge in [-0.25, -0.2) is 18.4 Å². The molecule has 0 aromatic carbocycles. The van der Waals surface area contributed by atoms with E-state index < -0.39 is 38.4 Å². The molecule has 1 unspecified atom stereocenters. The van der Waals surface area contributed by atoms with Gasteiger partial charge in [0, 0.05) is 45.6 Å². The van der Waals surface area contributed by atoms with E-state index in [1.807, 2.05) is 6.92 Å². The van der Waals surface area contributed by atoms with E-state index in [2.05, 4.69) is 4.98 Å². The van der Waals surface area contributed by atoms with Gasteiger partial charge in [0.25, 0.3) is 5.91 Å². The number of ether oxygens (including phenoxy) is 8. The maximum Gasteiger partial charge on any atom is 0.258 e. The predicted molar refractivity (Wildman–Crippen MR) is 195 cm³/mol. The van der Waals surface area contributed by atoms with Crippen molar-refractivity contribution in [1.82, 2.24) is 14.9 Å². The number of hydrogen-bond acceptors (Lipinski definition) is 14. The van der Waals surface area contributed by atoms with Gasteiger partial charge >= 0.3 is 0 Å². The number of sulfone groups is 1. The molecular formula is C36H62N4O12S. The second-order valence-electron chi connectivity index (χ2n) is 13.3. The van der Waals surface area contributed by atoms with Gasteiger partial charge in [0.2, 0.25) is 20.9 Å². The number of carbonyl (C=O) groups excluding carboxylic acids is 2. The Balaban J connectivity index is 1.83. The van der Waals surface area contributed by atoms with Gasteiger partial charge in [0.15, 0.2) is 0 Å². The molecule has 1 aromatic rings. The molecule has 304 valence electrons. The fourth-order valence-corrected chi connectivity index (χ4v) is 8.23. The SMILES string of the molecule is CCCCC(C(N)=O)N1CC(CCOCCOCCOCCOC)(CCOCCOCCOCCOC)c2nc(S(=O)(=O)C3CCCC3)ncc2C1=O. The van der Waals surface area contributed by atoms with E-state index >= 15 is 0 Å². The first-order valence-electron chi connectivity index (χ1n) is 18.9. The Morgan fingerprint density at radius 3 is 1.75 bits per heavy atom. The lowest BCUT2D eigenvalue weighted by Gasteiger charge is -2.45. The highest BCUT2D eigenvalue weighted by Gasteiger charge is 2.48. The van der Waals surface area contributed by atoms with E-state index in [-0.39, 0.29) is 30.5 Å². The maximum atomic E-state index is 14.1. The van der Waals surface area contributed by atoms with Crippen LogP contribution in [-0.2, 0) is 57.9 Å². The molecule has 53 heavy (non-hydrogen) atoms. The third kappa shape index (κ3) is 14.3. The van der Waals surface area contributed by atoms with Crippen LogP contribution in [-0.4, -0.2) is 160 Å². The minimum absolute atomic E-state index is 0.0768. The molecule has 1 fully saturated rings. The maximum absolute atomic E-state index is 14.1. The van der Waals surface area contributed by atoms with Crippen molar-refractivity contribution in [3.8, 4) is 0 Å². The monoisotopic (exact) mass is 774 g/mol. The van der Waals surface area contributed by atoms with Gasteiger partial charge in [-0.1, -0.05) is 32.6 Å². The quantitative estimate of drug-likeness (QED) is 0.0851. The lowest BCUT2D eigenvalue weighted by Crippen LogP contribution is -2.58. The summed E-state index contributed by atoms with van der Waals surface area (Å²) in [6.07, 6.45) is 6.62. The van der Waals surface area contributed by atoms with E-state index in [1.165, 1.54) is 11.1 Å². The molecule has 1 aromatic heterocycles. The van der Waals surface area contributed by atoms with Crippen LogP contribution in [0.5, 0.6) is 0 Å². The molecule has 16 nitrogen and oxygen atoms in total. The van der Waals surface area contributed by atoms with Crippen LogP contribution in [0.25, 0.3) is 0 Å². The highest BCUT2D eigenvalue weighted by molar-refractivity contribution is 7.91. The summed E-state index contributed by atoms with van der Waals surface area (Å²) in [5.74, 6) is -1.06. The number of amides is 2. The molecule has 2 N–H and O–H groups in total. The molecule has 1 saturated carbocycles. The summed E-state index contributed by atoms with van der Waals surface area (Å²) in [6, 6.07) is -0.863. The predicted octanol–water partition coefficient (Wildman–Crippen LogP) is 2.10. The van der Waals surface area contributed by atoms with Crippen LogP contribution in [0.1, 0.15) is 80.8 Å². The lowest BCUT2D eigenvalue weighted by atomic mass is 9.73. The number of carbonyl (C=O) groups is 2. The molecule has 1 aliphatic heterocycles. The Morgan fingerprint density at radius 1 is 0.830 bits per heavy atom. The topological polar surface area (TPSA) is 197 Å². The molecular weight excluding hydrogens is 712 g/mol. The molecule has 0 spiro atoms. The van der Waals surface area contributed by atoms with Gasteiger partial charge in [-0.3, -0.25) is 9.59 Å². The summed E-state index contributed by atoms with van der Waals surface area (Å²) < 4.78 is 71.5. The van der Waals surface area contributed by atoms with Crippen molar-refractivity contribution in [2.75, 3.05) is 113 Å². The number of unbranched alkanes of at least 4 members (excludes halogenated alkanes) is 1. The fraction of sp³-hybridized carbons (Fsp3) is 0.833. The Hall–Kier alpha value is -2.35. The van der Waals surface area contributed by atoms with Gasteiger partial charge in [-0.15, -0.1) is 0 Å². The average Bonchev–Trinajstić information content (AvgIpc) is 3.71. The van der Waals surface area contributed by atoms with Crippen LogP contribution in [0.2, 0.25) is 0 Å². The molecule has 0 radical (unpaired) electrons. The van der Waals surface area contributed by atoms with Gasteiger partial charge in [0.05, 0.1) is 95.8 Å². The molecule has 2 amide bonds. The van der Waals surface area contributed by atoms with Gasteiger partial charge in [-0.2, -0.15) is 0 Å². The molecule has 2 heterocycles. The average molecular weight is 775 g/mol. The normalized spacial score (nSPS) is 16.7. The Labute approximate surface area is 314 Å². The highest BCUT2D eigenvalue weighted by Crippen LogP contribution is 2.40. The zero-order chi connectivity index (χ0) is 38.4. The molecule has 0 bridgehead atoms. The van der Waals surface area contributed by atoms with Crippen LogP contribution in [0.4, 0.5) is 0 Å². The number of aromatic nitrogens is 2. The Bertz CT molecular complexity index is 1290. The van der Waals surface area contributed by atoms with Crippen LogP contribution in [0, 0.1) is 0 Å². The zero-order valence-corrected chi connectivity index (χ0v) is 32.7. The number of primary amides is 1. The van der Waals surface area contributed by atoms with Gasteiger partial charge < -0.3 is 48.5 Å². The number of hydrogen-bond donors (Lipinski definition) is 1. The first kappa shape index (κ1) is 45.0. The van der Waals surface area contributed by atoms with Crippen LogP contribution >= 0.6 is 0 Å². The van der Waals surface area contributed by atoms with Crippen molar-refractivity contribution in [2.24, 2.45) is 5.73 Å². The smallest absolute Gasteiger partial charge is 0.258 e. The summed E-state index contributed by atoms with van der Waals surface area (Å²) in [5, 5.41) is -0.850. The van der Waals surface area contributed by atoms with Crippen molar-refractivity contribution < 1.29 is 55.9 Å². The van der Waals surface area contributed by atoms with Crippen molar-refractivity contribution >= 4 is 21.7 Å². The Morgan fingerprint density at radius 2 is 1.30 bits per heavy atom. The first-order valence-corrected chi connectivity index (χ1v) is 20.4. The van der Waals surface area contributed by atoms with Crippen molar-refractivity contribution in [1.29, 1.82) is 0 Å². The zero-order valence-electron chi connectivity index (χ0n) is 31.9. The van der Waals surface area contributed by atoms with Crippen LogP contribution in [0.3, 0.4) is 0 Å². The summed E-state index contributed by atoms with van der Waals surface area (Å²) in [5.41, 5.74) is 5.44. The number of fused-ring (bicyclic) bond motifs is 1. The fourth-order valence-electron chi connectivity index (χ4n) is 6.56. The molecule has 0 saturated heterocycles. The number of methoxy groups -OCH3 is 2.